The number of rotatable bonds is 10. The first-order valence-corrected chi connectivity index (χ1v) is 13.3. The predicted octanol–water partition coefficient (Wildman–Crippen LogP) is 5.07. The van der Waals surface area contributed by atoms with Gasteiger partial charge in [0.05, 0.1) is 20.3 Å². The Morgan fingerprint density at radius 1 is 1.03 bits per heavy atom. The van der Waals surface area contributed by atoms with Gasteiger partial charge < -0.3 is 24.0 Å². The van der Waals surface area contributed by atoms with Crippen molar-refractivity contribution in [2.75, 3.05) is 40.5 Å². The molecule has 0 spiro atoms. The van der Waals surface area contributed by atoms with Crippen LogP contribution in [0.3, 0.4) is 0 Å². The van der Waals surface area contributed by atoms with E-state index in [2.05, 4.69) is 11.4 Å². The van der Waals surface area contributed by atoms with Crippen LogP contribution in [0, 0.1) is 5.92 Å². The third kappa shape index (κ3) is 6.43. The number of carbonyl (C=O) groups is 2. The molecule has 1 atom stereocenters. The fourth-order valence-electron chi connectivity index (χ4n) is 4.59. The topological polar surface area (TPSA) is 68.3 Å². The van der Waals surface area contributed by atoms with Crippen LogP contribution in [-0.2, 0) is 11.2 Å². The van der Waals surface area contributed by atoms with Crippen LogP contribution in [0.15, 0.2) is 60.0 Å². The lowest BCUT2D eigenvalue weighted by Gasteiger charge is -2.37. The first kappa shape index (κ1) is 26.5. The summed E-state index contributed by atoms with van der Waals surface area (Å²) < 4.78 is 16.7. The van der Waals surface area contributed by atoms with Crippen molar-refractivity contribution < 1.29 is 23.8 Å². The third-order valence-electron chi connectivity index (χ3n) is 6.38. The highest BCUT2D eigenvalue weighted by Crippen LogP contribution is 2.34. The van der Waals surface area contributed by atoms with Crippen molar-refractivity contribution in [1.29, 1.82) is 0 Å². The van der Waals surface area contributed by atoms with E-state index in [9.17, 15) is 9.59 Å². The summed E-state index contributed by atoms with van der Waals surface area (Å²) in [6.45, 7) is 5.46. The molecule has 0 saturated carbocycles. The molecule has 1 aromatic heterocycles. The third-order valence-corrected chi connectivity index (χ3v) is 7.38. The number of nitrogens with zero attached hydrogens (tertiary/aromatic N) is 2. The van der Waals surface area contributed by atoms with Gasteiger partial charge in [0.15, 0.2) is 0 Å². The summed E-state index contributed by atoms with van der Waals surface area (Å²) in [5.74, 6) is 1.94. The van der Waals surface area contributed by atoms with Gasteiger partial charge >= 0.3 is 0 Å². The molecule has 37 heavy (non-hydrogen) atoms. The largest absolute Gasteiger partial charge is 0.497 e. The molecule has 0 radical (unpaired) electrons. The molecule has 196 valence electrons. The van der Waals surface area contributed by atoms with Crippen molar-refractivity contribution in [3.05, 3.63) is 76.0 Å². The van der Waals surface area contributed by atoms with E-state index < -0.39 is 0 Å². The number of thiophene rings is 1. The lowest BCUT2D eigenvalue weighted by Crippen LogP contribution is -2.48. The van der Waals surface area contributed by atoms with Gasteiger partial charge in [0.1, 0.15) is 30.4 Å². The number of fused-ring (bicyclic) bond motifs is 1. The summed E-state index contributed by atoms with van der Waals surface area (Å²) in [6.07, 6.45) is 0.794. The highest BCUT2D eigenvalue weighted by atomic mass is 32.1. The first-order chi connectivity index (χ1) is 17.9. The molecule has 0 fully saturated rings. The van der Waals surface area contributed by atoms with Crippen molar-refractivity contribution in [3.63, 3.8) is 0 Å². The number of hydrogen-bond donors (Lipinski definition) is 0. The normalized spacial score (nSPS) is 14.7. The molecule has 4 rings (SSSR count). The Morgan fingerprint density at radius 3 is 2.46 bits per heavy atom. The summed E-state index contributed by atoms with van der Waals surface area (Å²) >= 11 is 1.71. The molecule has 0 aliphatic carbocycles. The standard InChI is InChI=1S/C29H34N2O5S/c1-20(2)17-30(29(33)21-7-5-8-22(15-21)34-3)18-28(32)31-13-11-27-25(12-14-37-27)26(31)19-36-24-10-6-9-23(16-24)35-4/h5-10,12,14-16,20,26H,11,13,17-19H2,1-4H3/t26-/m0/s1. The van der Waals surface area contributed by atoms with E-state index in [1.165, 1.54) is 4.88 Å². The van der Waals surface area contributed by atoms with Gasteiger partial charge in [0, 0.05) is 29.6 Å². The van der Waals surface area contributed by atoms with Gasteiger partial charge in [0.25, 0.3) is 5.91 Å². The van der Waals surface area contributed by atoms with E-state index in [4.69, 9.17) is 14.2 Å². The number of amides is 2. The van der Waals surface area contributed by atoms with Crippen LogP contribution in [0.2, 0.25) is 0 Å². The Bertz CT molecular complexity index is 1220. The Hall–Kier alpha value is -3.52. The molecule has 2 heterocycles. The zero-order valence-corrected chi connectivity index (χ0v) is 22.6. The quantitative estimate of drug-likeness (QED) is 0.372. The molecule has 0 unspecified atom stereocenters. The van der Waals surface area contributed by atoms with Gasteiger partial charge in [-0.05, 0) is 59.7 Å². The summed E-state index contributed by atoms with van der Waals surface area (Å²) in [7, 11) is 3.19. The zero-order valence-electron chi connectivity index (χ0n) is 21.8. The number of hydrogen-bond acceptors (Lipinski definition) is 6. The minimum atomic E-state index is -0.235. The molecule has 7 nitrogen and oxygen atoms in total. The second-order valence-corrected chi connectivity index (χ2v) is 10.5. The molecule has 2 aromatic carbocycles. The van der Waals surface area contributed by atoms with E-state index >= 15 is 0 Å². The molecular formula is C29H34N2O5S. The SMILES string of the molecule is COc1cccc(OC[C@H]2c3ccsc3CCN2C(=O)CN(CC(C)C)C(=O)c2cccc(OC)c2)c1. The van der Waals surface area contributed by atoms with E-state index in [-0.39, 0.29) is 30.3 Å². The molecule has 2 amide bonds. The van der Waals surface area contributed by atoms with E-state index in [1.807, 2.05) is 43.0 Å². The monoisotopic (exact) mass is 522 g/mol. The Balaban J connectivity index is 1.54. The molecule has 0 saturated heterocycles. The fraction of sp³-hybridized carbons (Fsp3) is 0.379. The van der Waals surface area contributed by atoms with E-state index in [0.717, 1.165) is 12.0 Å². The number of methoxy groups -OCH3 is 2. The molecule has 1 aliphatic heterocycles. The average Bonchev–Trinajstić information content (AvgIpc) is 3.40. The molecule has 1 aliphatic rings. The number of ether oxygens (including phenoxy) is 3. The van der Waals surface area contributed by atoms with Crippen molar-refractivity contribution in [2.45, 2.75) is 26.3 Å². The lowest BCUT2D eigenvalue weighted by atomic mass is 10.00. The molecule has 8 heteroatoms. The fourth-order valence-corrected chi connectivity index (χ4v) is 5.52. The van der Waals surface area contributed by atoms with Crippen molar-refractivity contribution in [1.82, 2.24) is 9.80 Å². The van der Waals surface area contributed by atoms with Crippen LogP contribution >= 0.6 is 11.3 Å². The van der Waals surface area contributed by atoms with Crippen molar-refractivity contribution >= 4 is 23.2 Å². The molecule has 0 bridgehead atoms. The first-order valence-electron chi connectivity index (χ1n) is 12.5. The molecule has 0 N–H and O–H groups in total. The van der Waals surface area contributed by atoms with Crippen LogP contribution in [0.4, 0.5) is 0 Å². The molecule has 3 aromatic rings. The second kappa shape index (κ2) is 12.1. The Kier molecular flexibility index (Phi) is 8.71. The van der Waals surface area contributed by atoms with Crippen LogP contribution in [0.25, 0.3) is 0 Å². The Labute approximate surface area is 222 Å². The highest BCUT2D eigenvalue weighted by molar-refractivity contribution is 7.10. The molecular weight excluding hydrogens is 488 g/mol. The van der Waals surface area contributed by atoms with E-state index in [0.29, 0.717) is 42.5 Å². The average molecular weight is 523 g/mol. The van der Waals surface area contributed by atoms with Crippen LogP contribution < -0.4 is 14.2 Å². The van der Waals surface area contributed by atoms with Gasteiger partial charge in [0.2, 0.25) is 5.91 Å². The van der Waals surface area contributed by atoms with Crippen LogP contribution in [0.1, 0.15) is 40.7 Å². The highest BCUT2D eigenvalue weighted by Gasteiger charge is 2.34. The predicted molar refractivity (Wildman–Crippen MR) is 145 cm³/mol. The van der Waals surface area contributed by atoms with Crippen molar-refractivity contribution in [3.8, 4) is 17.2 Å². The second-order valence-electron chi connectivity index (χ2n) is 9.45. The minimum absolute atomic E-state index is 0.00333. The lowest BCUT2D eigenvalue weighted by molar-refractivity contribution is -0.135. The van der Waals surface area contributed by atoms with Gasteiger partial charge in [-0.15, -0.1) is 11.3 Å². The maximum absolute atomic E-state index is 13.7. The minimum Gasteiger partial charge on any atom is -0.497 e. The zero-order chi connectivity index (χ0) is 26.4. The summed E-state index contributed by atoms with van der Waals surface area (Å²) in [5.41, 5.74) is 1.62. The Morgan fingerprint density at radius 2 is 1.73 bits per heavy atom. The van der Waals surface area contributed by atoms with E-state index in [1.54, 1.807) is 54.7 Å². The van der Waals surface area contributed by atoms with Gasteiger partial charge in [-0.1, -0.05) is 26.0 Å². The van der Waals surface area contributed by atoms with Gasteiger partial charge in [-0.3, -0.25) is 9.59 Å². The van der Waals surface area contributed by atoms with Crippen LogP contribution in [-0.4, -0.2) is 62.1 Å². The number of benzene rings is 2. The van der Waals surface area contributed by atoms with Gasteiger partial charge in [-0.25, -0.2) is 0 Å². The summed E-state index contributed by atoms with van der Waals surface area (Å²) in [4.78, 5) is 32.0. The maximum Gasteiger partial charge on any atom is 0.254 e. The van der Waals surface area contributed by atoms with Gasteiger partial charge in [-0.2, -0.15) is 0 Å². The summed E-state index contributed by atoms with van der Waals surface area (Å²) in [6, 6.07) is 16.3. The maximum atomic E-state index is 13.7. The van der Waals surface area contributed by atoms with Crippen LogP contribution in [0.5, 0.6) is 17.2 Å². The smallest absolute Gasteiger partial charge is 0.254 e. The summed E-state index contributed by atoms with van der Waals surface area (Å²) in [5, 5.41) is 2.06. The number of carbonyl (C=O) groups excluding carboxylic acids is 2. The van der Waals surface area contributed by atoms with Crippen molar-refractivity contribution in [2.24, 2.45) is 5.92 Å².